The van der Waals surface area contributed by atoms with Crippen LogP contribution in [-0.4, -0.2) is 23.0 Å². The number of aromatic nitrogens is 1. The molecule has 0 saturated heterocycles. The van der Waals surface area contributed by atoms with Gasteiger partial charge >= 0.3 is 0 Å². The van der Waals surface area contributed by atoms with Crippen molar-refractivity contribution in [2.24, 2.45) is 5.73 Å². The summed E-state index contributed by atoms with van der Waals surface area (Å²) in [6.45, 7) is 0.114. The molecular formula is C21H18N4O2S. The van der Waals surface area contributed by atoms with Crippen molar-refractivity contribution in [1.82, 2.24) is 10.3 Å². The van der Waals surface area contributed by atoms with Crippen LogP contribution in [0.3, 0.4) is 0 Å². The van der Waals surface area contributed by atoms with Crippen LogP contribution in [0.15, 0.2) is 76.7 Å². The van der Waals surface area contributed by atoms with Gasteiger partial charge in [0.1, 0.15) is 5.69 Å². The highest BCUT2D eigenvalue weighted by molar-refractivity contribution is 7.99. The van der Waals surface area contributed by atoms with Crippen LogP contribution in [0.5, 0.6) is 0 Å². The Balaban J connectivity index is 1.75. The fourth-order valence-corrected chi connectivity index (χ4v) is 3.52. The van der Waals surface area contributed by atoms with Crippen molar-refractivity contribution in [2.45, 2.75) is 16.3 Å². The Labute approximate surface area is 166 Å². The van der Waals surface area contributed by atoms with E-state index in [1.165, 1.54) is 6.20 Å². The summed E-state index contributed by atoms with van der Waals surface area (Å²) in [4.78, 5) is 30.0. The maximum atomic E-state index is 12.6. The van der Waals surface area contributed by atoms with Crippen molar-refractivity contribution < 1.29 is 9.59 Å². The first kappa shape index (κ1) is 19.3. The minimum absolute atomic E-state index is 0.114. The monoisotopic (exact) mass is 390 g/mol. The number of benzene rings is 2. The largest absolute Gasteiger partial charge is 0.364 e. The van der Waals surface area contributed by atoms with Crippen LogP contribution in [0.25, 0.3) is 0 Å². The van der Waals surface area contributed by atoms with E-state index in [4.69, 9.17) is 11.1 Å². The first-order valence-corrected chi connectivity index (χ1v) is 9.29. The molecule has 2 amide bonds. The molecule has 6 nitrogen and oxygen atoms in total. The molecule has 0 fully saturated rings. The summed E-state index contributed by atoms with van der Waals surface area (Å²) in [5, 5.41) is 10.4. The number of hydrogen-bond acceptors (Lipinski definition) is 5. The lowest BCUT2D eigenvalue weighted by atomic mass is 10.1. The first-order valence-electron chi connectivity index (χ1n) is 8.48. The molecule has 3 aromatic rings. The van der Waals surface area contributed by atoms with Crippen molar-refractivity contribution in [2.75, 3.05) is 0 Å². The van der Waals surface area contributed by atoms with E-state index in [1.807, 2.05) is 36.4 Å². The highest BCUT2D eigenvalue weighted by Crippen LogP contribution is 2.28. The topological polar surface area (TPSA) is 109 Å². The fraction of sp³-hybridized carbons (Fsp3) is 0.0476. The molecule has 4 N–H and O–H groups in total. The molecule has 140 valence electrons. The van der Waals surface area contributed by atoms with Crippen molar-refractivity contribution in [1.29, 1.82) is 5.41 Å². The van der Waals surface area contributed by atoms with Gasteiger partial charge in [-0.1, -0.05) is 36.0 Å². The molecule has 0 radical (unpaired) electrons. The average Bonchev–Trinajstić information content (AvgIpc) is 2.72. The quantitative estimate of drug-likeness (QED) is 0.538. The lowest BCUT2D eigenvalue weighted by Gasteiger charge is -2.11. The van der Waals surface area contributed by atoms with Crippen LogP contribution in [0.2, 0.25) is 0 Å². The Morgan fingerprint density at radius 3 is 2.57 bits per heavy atom. The molecule has 0 bridgehead atoms. The molecule has 0 unspecified atom stereocenters. The molecule has 7 heteroatoms. The van der Waals surface area contributed by atoms with E-state index in [1.54, 1.807) is 36.0 Å². The number of primary amides is 1. The molecule has 0 aliphatic rings. The van der Waals surface area contributed by atoms with Crippen LogP contribution in [0.1, 0.15) is 32.0 Å². The molecule has 0 aliphatic heterocycles. The first-order chi connectivity index (χ1) is 13.6. The number of amides is 2. The van der Waals surface area contributed by atoms with Gasteiger partial charge in [0.2, 0.25) is 0 Å². The van der Waals surface area contributed by atoms with Gasteiger partial charge in [-0.2, -0.15) is 0 Å². The maximum absolute atomic E-state index is 12.6. The number of carbonyl (C=O) groups excluding carboxylic acids is 2. The van der Waals surface area contributed by atoms with Gasteiger partial charge in [-0.05, 0) is 36.4 Å². The van der Waals surface area contributed by atoms with E-state index in [9.17, 15) is 9.59 Å². The zero-order valence-corrected chi connectivity index (χ0v) is 15.7. The van der Waals surface area contributed by atoms with Gasteiger partial charge in [-0.15, -0.1) is 0 Å². The number of pyridine rings is 1. The molecular weight excluding hydrogens is 372 g/mol. The number of hydrogen-bond donors (Lipinski definition) is 3. The smallest absolute Gasteiger partial charge is 0.267 e. The lowest BCUT2D eigenvalue weighted by molar-refractivity contribution is 0.0945. The predicted molar refractivity (Wildman–Crippen MR) is 109 cm³/mol. The highest BCUT2D eigenvalue weighted by Gasteiger charge is 2.14. The summed E-state index contributed by atoms with van der Waals surface area (Å²) in [7, 11) is 0. The van der Waals surface area contributed by atoms with Crippen molar-refractivity contribution >= 4 is 29.8 Å². The van der Waals surface area contributed by atoms with Crippen LogP contribution in [0.4, 0.5) is 0 Å². The molecule has 28 heavy (non-hydrogen) atoms. The van der Waals surface area contributed by atoms with E-state index in [-0.39, 0.29) is 18.1 Å². The minimum atomic E-state index is -0.646. The number of rotatable bonds is 7. The van der Waals surface area contributed by atoms with Gasteiger partial charge in [0.05, 0.1) is 0 Å². The summed E-state index contributed by atoms with van der Waals surface area (Å²) in [5.74, 6) is -0.985. The molecule has 2 aromatic carbocycles. The molecule has 0 spiro atoms. The second kappa shape index (κ2) is 8.96. The Morgan fingerprint density at radius 2 is 1.86 bits per heavy atom. The molecule has 0 atom stereocenters. The SMILES string of the molecule is N=Cc1cc(Sc2ccccc2)ccc1C(=O)NCc1cccnc1C(N)=O. The van der Waals surface area contributed by atoms with E-state index in [0.29, 0.717) is 16.7 Å². The van der Waals surface area contributed by atoms with Crippen molar-refractivity contribution in [3.05, 3.63) is 89.2 Å². The van der Waals surface area contributed by atoms with Crippen LogP contribution >= 0.6 is 11.8 Å². The molecule has 1 aromatic heterocycles. The van der Waals surface area contributed by atoms with Crippen LogP contribution < -0.4 is 11.1 Å². The zero-order chi connectivity index (χ0) is 19.9. The highest BCUT2D eigenvalue weighted by atomic mass is 32.2. The number of nitrogens with one attached hydrogen (secondary N) is 2. The molecule has 3 rings (SSSR count). The van der Waals surface area contributed by atoms with Crippen molar-refractivity contribution in [3.63, 3.8) is 0 Å². The Kier molecular flexibility index (Phi) is 6.18. The van der Waals surface area contributed by atoms with Gasteiger partial charge in [0, 0.05) is 45.4 Å². The molecule has 0 aliphatic carbocycles. The minimum Gasteiger partial charge on any atom is -0.364 e. The standard InChI is InChI=1S/C21H18N4O2S/c22-12-15-11-17(28-16-6-2-1-3-7-16)8-9-18(15)21(27)25-13-14-5-4-10-24-19(14)20(23)26/h1-12,22H,13H2,(H2,23,26)(H,25,27). The lowest BCUT2D eigenvalue weighted by Crippen LogP contribution is -2.26. The van der Waals surface area contributed by atoms with E-state index >= 15 is 0 Å². The summed E-state index contributed by atoms with van der Waals surface area (Å²) >= 11 is 1.56. The molecule has 1 heterocycles. The molecule has 0 saturated carbocycles. The summed E-state index contributed by atoms with van der Waals surface area (Å²) in [6, 6.07) is 18.6. The van der Waals surface area contributed by atoms with E-state index in [2.05, 4.69) is 10.3 Å². The second-order valence-corrected chi connectivity index (χ2v) is 7.01. The third kappa shape index (κ3) is 4.63. The fourth-order valence-electron chi connectivity index (χ4n) is 2.63. The number of carbonyl (C=O) groups is 2. The third-order valence-corrected chi connectivity index (χ3v) is 4.96. The third-order valence-electron chi connectivity index (χ3n) is 3.97. The Morgan fingerprint density at radius 1 is 1.07 bits per heavy atom. The average molecular weight is 390 g/mol. The van der Waals surface area contributed by atoms with Gasteiger partial charge in [-0.3, -0.25) is 14.6 Å². The summed E-state index contributed by atoms with van der Waals surface area (Å²) in [5.41, 5.74) is 6.88. The van der Waals surface area contributed by atoms with E-state index < -0.39 is 5.91 Å². The normalized spacial score (nSPS) is 10.3. The number of nitrogens with two attached hydrogens (primary N) is 1. The predicted octanol–water partition coefficient (Wildman–Crippen LogP) is 3.26. The van der Waals surface area contributed by atoms with Gasteiger partial charge < -0.3 is 16.5 Å². The summed E-state index contributed by atoms with van der Waals surface area (Å²) in [6.07, 6.45) is 2.63. The van der Waals surface area contributed by atoms with Gasteiger partial charge in [-0.25, -0.2) is 0 Å². The Hall–Kier alpha value is -3.45. The van der Waals surface area contributed by atoms with Crippen LogP contribution in [-0.2, 0) is 6.54 Å². The Bertz CT molecular complexity index is 1020. The van der Waals surface area contributed by atoms with Crippen molar-refractivity contribution in [3.8, 4) is 0 Å². The van der Waals surface area contributed by atoms with Gasteiger partial charge in [0.25, 0.3) is 11.8 Å². The number of nitrogens with zero attached hydrogens (tertiary/aromatic N) is 1. The maximum Gasteiger partial charge on any atom is 0.267 e. The zero-order valence-electron chi connectivity index (χ0n) is 14.9. The second-order valence-electron chi connectivity index (χ2n) is 5.87. The van der Waals surface area contributed by atoms with E-state index in [0.717, 1.165) is 16.0 Å². The van der Waals surface area contributed by atoms with Gasteiger partial charge in [0.15, 0.2) is 0 Å². The summed E-state index contributed by atoms with van der Waals surface area (Å²) < 4.78 is 0. The van der Waals surface area contributed by atoms with Crippen LogP contribution in [0, 0.1) is 5.41 Å².